The third-order valence-electron chi connectivity index (χ3n) is 2.92. The normalized spacial score (nSPS) is 14.3. The first kappa shape index (κ1) is 15.0. The van der Waals surface area contributed by atoms with E-state index in [-0.39, 0.29) is 16.1 Å². The van der Waals surface area contributed by atoms with E-state index in [9.17, 15) is 8.42 Å². The van der Waals surface area contributed by atoms with Crippen molar-refractivity contribution in [3.63, 3.8) is 0 Å². The van der Waals surface area contributed by atoms with Crippen molar-refractivity contribution >= 4 is 9.84 Å². The standard InChI is InChI=1S/C13H21NO3S/c1-13(2,3)12(14)9-18(15,16)11-8-6-5-7-10(11)17-4/h5-8,12H,9,14H2,1-4H3. The molecular weight excluding hydrogens is 250 g/mol. The summed E-state index contributed by atoms with van der Waals surface area (Å²) in [5.41, 5.74) is 5.69. The number of para-hydroxylation sites is 1. The number of sulfone groups is 1. The van der Waals surface area contributed by atoms with Crippen molar-refractivity contribution in [3.05, 3.63) is 24.3 Å². The van der Waals surface area contributed by atoms with Crippen molar-refractivity contribution in [2.75, 3.05) is 12.9 Å². The van der Waals surface area contributed by atoms with Gasteiger partial charge in [-0.15, -0.1) is 0 Å². The van der Waals surface area contributed by atoms with Crippen LogP contribution in [-0.2, 0) is 9.84 Å². The molecule has 0 saturated carbocycles. The van der Waals surface area contributed by atoms with E-state index >= 15 is 0 Å². The Bertz CT molecular complexity index is 503. The Morgan fingerprint density at radius 1 is 1.28 bits per heavy atom. The monoisotopic (exact) mass is 271 g/mol. The molecule has 5 heteroatoms. The van der Waals surface area contributed by atoms with Crippen molar-refractivity contribution in [2.24, 2.45) is 11.1 Å². The van der Waals surface area contributed by atoms with Crippen molar-refractivity contribution in [1.29, 1.82) is 0 Å². The maximum Gasteiger partial charge on any atom is 0.183 e. The van der Waals surface area contributed by atoms with E-state index in [4.69, 9.17) is 10.5 Å². The Balaban J connectivity index is 3.08. The van der Waals surface area contributed by atoms with E-state index < -0.39 is 15.9 Å². The zero-order valence-electron chi connectivity index (χ0n) is 11.3. The molecule has 0 bridgehead atoms. The molecule has 18 heavy (non-hydrogen) atoms. The van der Waals surface area contributed by atoms with Crippen LogP contribution in [0.25, 0.3) is 0 Å². The molecular formula is C13H21NO3S. The molecule has 2 N–H and O–H groups in total. The minimum Gasteiger partial charge on any atom is -0.495 e. The van der Waals surface area contributed by atoms with Gasteiger partial charge >= 0.3 is 0 Å². The minimum atomic E-state index is -3.44. The number of nitrogens with two attached hydrogens (primary N) is 1. The van der Waals surface area contributed by atoms with E-state index in [0.29, 0.717) is 5.75 Å². The lowest BCUT2D eigenvalue weighted by atomic mass is 9.89. The van der Waals surface area contributed by atoms with Crippen molar-refractivity contribution < 1.29 is 13.2 Å². The van der Waals surface area contributed by atoms with Gasteiger partial charge in [-0.1, -0.05) is 32.9 Å². The average Bonchev–Trinajstić information content (AvgIpc) is 2.27. The first-order valence-corrected chi connectivity index (χ1v) is 7.45. The second-order valence-electron chi connectivity index (χ2n) is 5.40. The van der Waals surface area contributed by atoms with Crippen LogP contribution in [0.15, 0.2) is 29.2 Å². The molecule has 0 fully saturated rings. The van der Waals surface area contributed by atoms with E-state index in [2.05, 4.69) is 0 Å². The summed E-state index contributed by atoms with van der Waals surface area (Å²) >= 11 is 0. The predicted molar refractivity (Wildman–Crippen MR) is 72.5 cm³/mol. The lowest BCUT2D eigenvalue weighted by molar-refractivity contribution is 0.340. The van der Waals surface area contributed by atoms with Crippen LogP contribution in [-0.4, -0.2) is 27.3 Å². The van der Waals surface area contributed by atoms with Gasteiger partial charge in [0.2, 0.25) is 0 Å². The second-order valence-corrected chi connectivity index (χ2v) is 7.41. The molecule has 1 aromatic rings. The van der Waals surface area contributed by atoms with Gasteiger partial charge < -0.3 is 10.5 Å². The highest BCUT2D eigenvalue weighted by atomic mass is 32.2. The fraction of sp³-hybridized carbons (Fsp3) is 0.538. The third kappa shape index (κ3) is 3.46. The fourth-order valence-corrected chi connectivity index (χ4v) is 3.35. The second kappa shape index (κ2) is 5.28. The van der Waals surface area contributed by atoms with Gasteiger partial charge in [-0.05, 0) is 17.5 Å². The molecule has 0 radical (unpaired) electrons. The molecule has 0 spiro atoms. The van der Waals surface area contributed by atoms with Gasteiger partial charge in [-0.25, -0.2) is 8.42 Å². The Labute approximate surface area is 109 Å². The van der Waals surface area contributed by atoms with Gasteiger partial charge in [-0.3, -0.25) is 0 Å². The molecule has 1 unspecified atom stereocenters. The summed E-state index contributed by atoms with van der Waals surface area (Å²) in [6.45, 7) is 5.78. The highest BCUT2D eigenvalue weighted by Gasteiger charge is 2.28. The largest absolute Gasteiger partial charge is 0.495 e. The van der Waals surface area contributed by atoms with E-state index in [1.165, 1.54) is 7.11 Å². The number of hydrogen-bond donors (Lipinski definition) is 1. The highest BCUT2D eigenvalue weighted by molar-refractivity contribution is 7.91. The van der Waals surface area contributed by atoms with Crippen LogP contribution in [0.1, 0.15) is 20.8 Å². The van der Waals surface area contributed by atoms with E-state index in [0.717, 1.165) is 0 Å². The summed E-state index contributed by atoms with van der Waals surface area (Å²) < 4.78 is 29.7. The molecule has 0 heterocycles. The van der Waals surface area contributed by atoms with E-state index in [1.54, 1.807) is 24.3 Å². The van der Waals surface area contributed by atoms with Gasteiger partial charge in [0.25, 0.3) is 0 Å². The first-order chi connectivity index (χ1) is 8.18. The molecule has 1 rings (SSSR count). The van der Waals surface area contributed by atoms with Crippen molar-refractivity contribution in [2.45, 2.75) is 31.7 Å². The lowest BCUT2D eigenvalue weighted by Crippen LogP contribution is -2.41. The topological polar surface area (TPSA) is 69.4 Å². The average molecular weight is 271 g/mol. The summed E-state index contributed by atoms with van der Waals surface area (Å²) in [6, 6.07) is 6.17. The molecule has 0 aliphatic rings. The lowest BCUT2D eigenvalue weighted by Gasteiger charge is -2.26. The molecule has 102 valence electrons. The third-order valence-corrected chi connectivity index (χ3v) is 4.72. The zero-order chi connectivity index (χ0) is 14.0. The Hall–Kier alpha value is -1.07. The van der Waals surface area contributed by atoms with E-state index in [1.807, 2.05) is 20.8 Å². The van der Waals surface area contributed by atoms with Gasteiger partial charge in [0, 0.05) is 6.04 Å². The summed E-state index contributed by atoms with van der Waals surface area (Å²) in [5, 5.41) is 0. The SMILES string of the molecule is COc1ccccc1S(=O)(=O)CC(N)C(C)(C)C. The van der Waals surface area contributed by atoms with Crippen molar-refractivity contribution in [3.8, 4) is 5.75 Å². The molecule has 0 amide bonds. The molecule has 1 atom stereocenters. The molecule has 0 aliphatic carbocycles. The van der Waals surface area contributed by atoms with Gasteiger partial charge in [0.1, 0.15) is 10.6 Å². The predicted octanol–water partition coefficient (Wildman–Crippen LogP) is 1.84. The summed E-state index contributed by atoms with van der Waals surface area (Å²) in [4.78, 5) is 0.201. The molecule has 4 nitrogen and oxygen atoms in total. The number of rotatable bonds is 4. The number of hydrogen-bond acceptors (Lipinski definition) is 4. The summed E-state index contributed by atoms with van der Waals surface area (Å²) in [6.07, 6.45) is 0. The Kier molecular flexibility index (Phi) is 4.40. The Morgan fingerprint density at radius 3 is 2.33 bits per heavy atom. The highest BCUT2D eigenvalue weighted by Crippen LogP contribution is 2.27. The van der Waals surface area contributed by atoms with Crippen LogP contribution < -0.4 is 10.5 Å². The van der Waals surface area contributed by atoms with Crippen LogP contribution in [0, 0.1) is 5.41 Å². The maximum atomic E-state index is 12.3. The van der Waals surface area contributed by atoms with Crippen LogP contribution in [0.2, 0.25) is 0 Å². The minimum absolute atomic E-state index is 0.0864. The van der Waals surface area contributed by atoms with Gasteiger partial charge in [-0.2, -0.15) is 0 Å². The molecule has 1 aromatic carbocycles. The Morgan fingerprint density at radius 2 is 1.83 bits per heavy atom. The number of benzene rings is 1. The number of methoxy groups -OCH3 is 1. The smallest absolute Gasteiger partial charge is 0.183 e. The van der Waals surface area contributed by atoms with Crippen LogP contribution >= 0.6 is 0 Å². The zero-order valence-corrected chi connectivity index (χ0v) is 12.1. The molecule has 0 aliphatic heterocycles. The van der Waals surface area contributed by atoms with Crippen molar-refractivity contribution in [1.82, 2.24) is 0 Å². The number of ether oxygens (including phenoxy) is 1. The van der Waals surface area contributed by atoms with Crippen LogP contribution in [0.4, 0.5) is 0 Å². The summed E-state index contributed by atoms with van der Waals surface area (Å²) in [5.74, 6) is 0.273. The van der Waals surface area contributed by atoms with Gasteiger partial charge in [0.15, 0.2) is 9.84 Å². The first-order valence-electron chi connectivity index (χ1n) is 5.80. The molecule has 0 saturated heterocycles. The van der Waals surface area contributed by atoms with Crippen LogP contribution in [0.3, 0.4) is 0 Å². The summed E-state index contributed by atoms with van der Waals surface area (Å²) in [7, 11) is -1.98. The quantitative estimate of drug-likeness (QED) is 0.907. The van der Waals surface area contributed by atoms with Gasteiger partial charge in [0.05, 0.1) is 12.9 Å². The fourth-order valence-electron chi connectivity index (χ4n) is 1.45. The maximum absolute atomic E-state index is 12.3. The van der Waals surface area contributed by atoms with Crippen LogP contribution in [0.5, 0.6) is 5.75 Å². The molecule has 0 aromatic heterocycles.